The molecule has 0 radical (unpaired) electrons. The van der Waals surface area contributed by atoms with Crippen molar-refractivity contribution in [2.45, 2.75) is 19.9 Å². The average Bonchev–Trinajstić information content (AvgIpc) is 2.87. The molecular weight excluding hydrogens is 274 g/mol. The predicted octanol–water partition coefficient (Wildman–Crippen LogP) is 3.07. The zero-order chi connectivity index (χ0) is 15.5. The lowest BCUT2D eigenvalue weighted by atomic mass is 10.1. The van der Waals surface area contributed by atoms with Gasteiger partial charge in [-0.05, 0) is 30.2 Å². The molecule has 4 nitrogen and oxygen atoms in total. The summed E-state index contributed by atoms with van der Waals surface area (Å²) in [7, 11) is 1.84. The molecule has 0 atom stereocenters. The van der Waals surface area contributed by atoms with Gasteiger partial charge in [0.25, 0.3) is 0 Å². The molecule has 22 heavy (non-hydrogen) atoms. The van der Waals surface area contributed by atoms with Crippen molar-refractivity contribution in [3.63, 3.8) is 0 Å². The van der Waals surface area contributed by atoms with E-state index in [1.165, 1.54) is 0 Å². The Morgan fingerprint density at radius 3 is 2.68 bits per heavy atom. The minimum atomic E-state index is 0.111. The number of aromatic nitrogens is 2. The minimum Gasteiger partial charge on any atom is -0.342 e. The zero-order valence-electron chi connectivity index (χ0n) is 12.8. The summed E-state index contributed by atoms with van der Waals surface area (Å²) in [6.07, 6.45) is 0.400. The molecule has 3 aromatic rings. The van der Waals surface area contributed by atoms with Gasteiger partial charge in [0.2, 0.25) is 5.91 Å². The van der Waals surface area contributed by atoms with Crippen LogP contribution in [0.2, 0.25) is 0 Å². The molecule has 4 heteroatoms. The molecule has 0 saturated carbocycles. The van der Waals surface area contributed by atoms with Crippen LogP contribution in [0.3, 0.4) is 0 Å². The summed E-state index contributed by atoms with van der Waals surface area (Å²) in [5, 5.41) is 0. The highest BCUT2D eigenvalue weighted by Crippen LogP contribution is 2.15. The fraction of sp³-hybridized carbons (Fsp3) is 0.222. The smallest absolute Gasteiger partial charge is 0.227 e. The zero-order valence-corrected chi connectivity index (χ0v) is 12.8. The van der Waals surface area contributed by atoms with Gasteiger partial charge in [0, 0.05) is 13.6 Å². The number of nitrogens with zero attached hydrogens (tertiary/aromatic N) is 2. The van der Waals surface area contributed by atoms with E-state index >= 15 is 0 Å². The Balaban J connectivity index is 1.69. The van der Waals surface area contributed by atoms with Crippen LogP contribution in [0.5, 0.6) is 0 Å². The molecule has 0 unspecified atom stereocenters. The van der Waals surface area contributed by atoms with Gasteiger partial charge < -0.3 is 9.88 Å². The number of aromatic amines is 1. The summed E-state index contributed by atoms with van der Waals surface area (Å²) in [6.45, 7) is 2.56. The Kier molecular flexibility index (Phi) is 3.92. The molecule has 1 amide bonds. The highest BCUT2D eigenvalue weighted by molar-refractivity contribution is 5.81. The third kappa shape index (κ3) is 3.17. The van der Waals surface area contributed by atoms with Crippen molar-refractivity contribution in [1.29, 1.82) is 0 Å². The van der Waals surface area contributed by atoms with Crippen LogP contribution in [-0.2, 0) is 17.8 Å². The maximum atomic E-state index is 12.4. The number of nitrogens with one attached hydrogen (secondary N) is 1. The van der Waals surface area contributed by atoms with Gasteiger partial charge in [0.05, 0.1) is 17.5 Å². The molecular formula is C18H19N3O. The molecule has 0 aliphatic carbocycles. The number of benzene rings is 2. The van der Waals surface area contributed by atoms with Gasteiger partial charge in [-0.15, -0.1) is 0 Å². The second-order valence-electron chi connectivity index (χ2n) is 5.59. The Morgan fingerprint density at radius 1 is 1.14 bits per heavy atom. The summed E-state index contributed by atoms with van der Waals surface area (Å²) < 4.78 is 0. The number of carbonyl (C=O) groups is 1. The van der Waals surface area contributed by atoms with Crippen LogP contribution >= 0.6 is 0 Å². The molecule has 0 fully saturated rings. The van der Waals surface area contributed by atoms with E-state index in [0.29, 0.717) is 13.0 Å². The van der Waals surface area contributed by atoms with Crippen LogP contribution in [0.4, 0.5) is 0 Å². The van der Waals surface area contributed by atoms with E-state index < -0.39 is 0 Å². The van der Waals surface area contributed by atoms with E-state index in [1.807, 2.05) is 62.5 Å². The Morgan fingerprint density at radius 2 is 1.91 bits per heavy atom. The van der Waals surface area contributed by atoms with E-state index in [9.17, 15) is 4.79 Å². The van der Waals surface area contributed by atoms with Gasteiger partial charge in [0.15, 0.2) is 0 Å². The maximum absolute atomic E-state index is 12.4. The maximum Gasteiger partial charge on any atom is 0.227 e. The van der Waals surface area contributed by atoms with E-state index in [2.05, 4.69) is 9.97 Å². The molecule has 112 valence electrons. The molecule has 3 rings (SSSR count). The number of hydrogen-bond donors (Lipinski definition) is 1. The lowest BCUT2D eigenvalue weighted by Crippen LogP contribution is -2.27. The Labute approximate surface area is 129 Å². The molecule has 0 spiro atoms. The van der Waals surface area contributed by atoms with Crippen LogP contribution < -0.4 is 0 Å². The summed E-state index contributed by atoms with van der Waals surface area (Å²) in [5.74, 6) is 0.999. The summed E-state index contributed by atoms with van der Waals surface area (Å²) in [6, 6.07) is 15.9. The molecule has 0 aliphatic heterocycles. The number of H-pyrrole nitrogens is 1. The minimum absolute atomic E-state index is 0.111. The predicted molar refractivity (Wildman–Crippen MR) is 87.5 cm³/mol. The highest BCUT2D eigenvalue weighted by Gasteiger charge is 2.11. The highest BCUT2D eigenvalue weighted by atomic mass is 16.2. The normalized spacial score (nSPS) is 10.8. The standard InChI is InChI=1S/C18H19N3O/c1-13-19-16-9-8-15(10-17(16)20-13)11-18(22)21(2)12-14-6-4-3-5-7-14/h3-10H,11-12H2,1-2H3,(H,19,20). The molecule has 1 heterocycles. The quantitative estimate of drug-likeness (QED) is 0.803. The molecule has 0 aliphatic rings. The number of likely N-dealkylation sites (N-methyl/N-ethyl adjacent to an activating group) is 1. The SMILES string of the molecule is Cc1nc2ccc(CC(=O)N(C)Cc3ccccc3)cc2[nH]1. The van der Waals surface area contributed by atoms with Gasteiger partial charge >= 0.3 is 0 Å². The van der Waals surface area contributed by atoms with Gasteiger partial charge in [-0.3, -0.25) is 4.79 Å². The summed E-state index contributed by atoms with van der Waals surface area (Å²) in [4.78, 5) is 21.7. The van der Waals surface area contributed by atoms with Crippen molar-refractivity contribution < 1.29 is 4.79 Å². The molecule has 0 saturated heterocycles. The summed E-state index contributed by atoms with van der Waals surface area (Å²) >= 11 is 0. The molecule has 1 N–H and O–H groups in total. The fourth-order valence-electron chi connectivity index (χ4n) is 2.55. The summed E-state index contributed by atoms with van der Waals surface area (Å²) in [5.41, 5.74) is 4.05. The number of rotatable bonds is 4. The topological polar surface area (TPSA) is 49.0 Å². The van der Waals surface area contributed by atoms with Crippen molar-refractivity contribution in [3.05, 3.63) is 65.5 Å². The van der Waals surface area contributed by atoms with E-state index in [-0.39, 0.29) is 5.91 Å². The largest absolute Gasteiger partial charge is 0.342 e. The first-order valence-electron chi connectivity index (χ1n) is 7.35. The van der Waals surface area contributed by atoms with Gasteiger partial charge in [-0.2, -0.15) is 0 Å². The van der Waals surface area contributed by atoms with Crippen LogP contribution in [0.15, 0.2) is 48.5 Å². The van der Waals surface area contributed by atoms with Gasteiger partial charge in [0.1, 0.15) is 5.82 Å². The first kappa shape index (κ1) is 14.3. The molecule has 2 aromatic carbocycles. The number of imidazole rings is 1. The first-order chi connectivity index (χ1) is 10.6. The number of aryl methyl sites for hydroxylation is 1. The second-order valence-corrected chi connectivity index (χ2v) is 5.59. The van der Waals surface area contributed by atoms with Crippen LogP contribution in [-0.4, -0.2) is 27.8 Å². The number of amides is 1. The van der Waals surface area contributed by atoms with Crippen LogP contribution in [0.1, 0.15) is 17.0 Å². The average molecular weight is 293 g/mol. The van der Waals surface area contributed by atoms with Crippen LogP contribution in [0, 0.1) is 6.92 Å². The van der Waals surface area contributed by atoms with E-state index in [0.717, 1.165) is 28.0 Å². The Hall–Kier alpha value is -2.62. The second kappa shape index (κ2) is 6.02. The lowest BCUT2D eigenvalue weighted by Gasteiger charge is -2.17. The van der Waals surface area contributed by atoms with Gasteiger partial charge in [-0.1, -0.05) is 36.4 Å². The third-order valence-electron chi connectivity index (χ3n) is 3.71. The number of hydrogen-bond acceptors (Lipinski definition) is 2. The Bertz CT molecular complexity index is 792. The lowest BCUT2D eigenvalue weighted by molar-refractivity contribution is -0.129. The number of carbonyl (C=O) groups excluding carboxylic acids is 1. The first-order valence-corrected chi connectivity index (χ1v) is 7.35. The fourth-order valence-corrected chi connectivity index (χ4v) is 2.55. The van der Waals surface area contributed by atoms with Crippen molar-refractivity contribution in [2.75, 3.05) is 7.05 Å². The molecule has 0 bridgehead atoms. The monoisotopic (exact) mass is 293 g/mol. The van der Waals surface area contributed by atoms with E-state index in [1.54, 1.807) is 4.90 Å². The van der Waals surface area contributed by atoms with Crippen molar-refractivity contribution in [3.8, 4) is 0 Å². The van der Waals surface area contributed by atoms with Gasteiger partial charge in [-0.25, -0.2) is 4.98 Å². The van der Waals surface area contributed by atoms with Crippen molar-refractivity contribution >= 4 is 16.9 Å². The van der Waals surface area contributed by atoms with E-state index in [4.69, 9.17) is 0 Å². The number of fused-ring (bicyclic) bond motifs is 1. The third-order valence-corrected chi connectivity index (χ3v) is 3.71. The molecule has 1 aromatic heterocycles. The van der Waals surface area contributed by atoms with Crippen molar-refractivity contribution in [2.24, 2.45) is 0 Å². The van der Waals surface area contributed by atoms with Crippen molar-refractivity contribution in [1.82, 2.24) is 14.9 Å². The van der Waals surface area contributed by atoms with Crippen LogP contribution in [0.25, 0.3) is 11.0 Å².